The Bertz CT molecular complexity index is 589. The topological polar surface area (TPSA) is 68.0 Å². The average Bonchev–Trinajstić information content (AvgIpc) is 2.99. The fourth-order valence-corrected chi connectivity index (χ4v) is 3.92. The number of hydrogen-bond donors (Lipinski definition) is 0. The van der Waals surface area contributed by atoms with Gasteiger partial charge in [-0.05, 0) is 26.2 Å². The molecule has 0 spiro atoms. The number of aryl methyl sites for hydroxylation is 1. The molecule has 1 amide bonds. The molecule has 2 aliphatic rings. The van der Waals surface area contributed by atoms with Gasteiger partial charge in [-0.3, -0.25) is 9.69 Å². The maximum Gasteiger partial charge on any atom is 0.248 e. The smallest absolute Gasteiger partial charge is 0.248 e. The highest BCUT2D eigenvalue weighted by molar-refractivity contribution is 5.76. The Kier molecular flexibility index (Phi) is 5.76. The zero-order chi connectivity index (χ0) is 17.9. The molecular formula is C18H29N3O4. The van der Waals surface area contributed by atoms with Gasteiger partial charge in [-0.15, -0.1) is 0 Å². The molecule has 0 unspecified atom stereocenters. The molecule has 25 heavy (non-hydrogen) atoms. The Hall–Kier alpha value is -1.44. The molecule has 2 saturated heterocycles. The van der Waals surface area contributed by atoms with E-state index >= 15 is 0 Å². The van der Waals surface area contributed by atoms with Crippen molar-refractivity contribution >= 4 is 5.91 Å². The van der Waals surface area contributed by atoms with E-state index in [0.717, 1.165) is 57.0 Å². The van der Waals surface area contributed by atoms with Gasteiger partial charge in [0.15, 0.2) is 0 Å². The van der Waals surface area contributed by atoms with E-state index in [1.807, 2.05) is 13.0 Å². The minimum atomic E-state index is -0.0398. The Balaban J connectivity index is 1.62. The monoisotopic (exact) mass is 351 g/mol. The maximum atomic E-state index is 11.8. The van der Waals surface area contributed by atoms with E-state index in [1.54, 1.807) is 19.0 Å². The lowest BCUT2D eigenvalue weighted by atomic mass is 9.73. The third kappa shape index (κ3) is 4.40. The molecule has 1 aromatic heterocycles. The van der Waals surface area contributed by atoms with Crippen LogP contribution >= 0.6 is 0 Å². The van der Waals surface area contributed by atoms with Gasteiger partial charge in [0.1, 0.15) is 12.4 Å². The van der Waals surface area contributed by atoms with Gasteiger partial charge in [0.2, 0.25) is 5.91 Å². The molecule has 3 rings (SSSR count). The third-order valence-electron chi connectivity index (χ3n) is 5.24. The summed E-state index contributed by atoms with van der Waals surface area (Å²) in [4.78, 5) is 15.8. The molecule has 7 nitrogen and oxygen atoms in total. The van der Waals surface area contributed by atoms with Crippen LogP contribution in [-0.4, -0.2) is 74.0 Å². The minimum absolute atomic E-state index is 0.00424. The maximum absolute atomic E-state index is 11.8. The molecule has 0 aliphatic carbocycles. The van der Waals surface area contributed by atoms with Crippen LogP contribution in [0.3, 0.4) is 0 Å². The predicted octanol–water partition coefficient (Wildman–Crippen LogP) is 1.46. The number of rotatable bonds is 6. The summed E-state index contributed by atoms with van der Waals surface area (Å²) in [7, 11) is 3.50. The molecule has 0 N–H and O–H groups in total. The highest BCUT2D eigenvalue weighted by Crippen LogP contribution is 2.40. The zero-order valence-corrected chi connectivity index (χ0v) is 15.5. The van der Waals surface area contributed by atoms with Gasteiger partial charge in [0, 0.05) is 51.8 Å². The summed E-state index contributed by atoms with van der Waals surface area (Å²) in [6.45, 7) is 6.09. The molecule has 0 aromatic carbocycles. The number of fused-ring (bicyclic) bond motifs is 1. The van der Waals surface area contributed by atoms with Crippen LogP contribution in [0.4, 0.5) is 0 Å². The number of nitrogens with zero attached hydrogens (tertiary/aromatic N) is 3. The van der Waals surface area contributed by atoms with Crippen molar-refractivity contribution < 1.29 is 18.8 Å². The number of piperidine rings is 1. The predicted molar refractivity (Wildman–Crippen MR) is 92.1 cm³/mol. The largest absolute Gasteiger partial charge is 0.377 e. The summed E-state index contributed by atoms with van der Waals surface area (Å²) >= 11 is 0. The molecule has 7 heteroatoms. The van der Waals surface area contributed by atoms with Gasteiger partial charge in [-0.25, -0.2) is 0 Å². The zero-order valence-electron chi connectivity index (χ0n) is 15.5. The molecule has 0 bridgehead atoms. The number of carbonyl (C=O) groups excluding carboxylic acids is 1. The van der Waals surface area contributed by atoms with Crippen LogP contribution in [0, 0.1) is 12.3 Å². The van der Waals surface area contributed by atoms with Crippen molar-refractivity contribution in [3.63, 3.8) is 0 Å². The fourth-order valence-electron chi connectivity index (χ4n) is 3.92. The number of amides is 1. The van der Waals surface area contributed by atoms with Crippen LogP contribution in [0.2, 0.25) is 0 Å². The van der Waals surface area contributed by atoms with Crippen molar-refractivity contribution in [1.82, 2.24) is 15.0 Å². The van der Waals surface area contributed by atoms with Crippen LogP contribution in [0.1, 0.15) is 30.7 Å². The average molecular weight is 351 g/mol. The summed E-state index contributed by atoms with van der Waals surface area (Å²) in [5.41, 5.74) is 0.925. The van der Waals surface area contributed by atoms with Crippen molar-refractivity contribution in [1.29, 1.82) is 0 Å². The lowest BCUT2D eigenvalue weighted by molar-refractivity contribution is -0.160. The van der Waals surface area contributed by atoms with E-state index in [9.17, 15) is 4.79 Å². The number of ether oxygens (including phenoxy) is 2. The first-order valence-corrected chi connectivity index (χ1v) is 9.02. The SMILES string of the molecule is Cc1cc(CN2CC[C@H]3OCCC[C@@]3(COCC(=O)N(C)C)C2)no1. The van der Waals surface area contributed by atoms with E-state index in [-0.39, 0.29) is 24.0 Å². The Labute approximate surface area is 149 Å². The first-order valence-electron chi connectivity index (χ1n) is 9.02. The first kappa shape index (κ1) is 18.4. The third-order valence-corrected chi connectivity index (χ3v) is 5.24. The normalized spacial score (nSPS) is 27.1. The standard InChI is InChI=1S/C18H29N3O4/c1-14-9-15(19-25-14)10-21-7-5-16-18(12-21,6-4-8-24-16)13-23-11-17(22)20(2)3/h9,16H,4-8,10-13H2,1-3H3/t16-,18+/m1/s1. The van der Waals surface area contributed by atoms with Crippen molar-refractivity contribution in [3.8, 4) is 0 Å². The van der Waals surface area contributed by atoms with Gasteiger partial charge in [-0.2, -0.15) is 0 Å². The molecule has 2 atom stereocenters. The molecular weight excluding hydrogens is 322 g/mol. The molecule has 1 aromatic rings. The van der Waals surface area contributed by atoms with E-state index in [1.165, 1.54) is 0 Å². The van der Waals surface area contributed by atoms with Crippen LogP contribution < -0.4 is 0 Å². The van der Waals surface area contributed by atoms with Crippen molar-refractivity contribution in [3.05, 3.63) is 17.5 Å². The van der Waals surface area contributed by atoms with Crippen molar-refractivity contribution in [2.75, 3.05) is 47.0 Å². The Morgan fingerprint density at radius 2 is 2.36 bits per heavy atom. The van der Waals surface area contributed by atoms with Gasteiger partial charge in [0.25, 0.3) is 0 Å². The summed E-state index contributed by atoms with van der Waals surface area (Å²) in [5.74, 6) is 0.835. The van der Waals surface area contributed by atoms with Crippen LogP contribution in [0.25, 0.3) is 0 Å². The quantitative estimate of drug-likeness (QED) is 0.773. The first-order chi connectivity index (χ1) is 12.0. The van der Waals surface area contributed by atoms with Crippen LogP contribution in [0.5, 0.6) is 0 Å². The fraction of sp³-hybridized carbons (Fsp3) is 0.778. The van der Waals surface area contributed by atoms with E-state index in [2.05, 4.69) is 10.1 Å². The number of likely N-dealkylation sites (tertiary alicyclic amines) is 1. The van der Waals surface area contributed by atoms with Crippen molar-refractivity contribution in [2.24, 2.45) is 5.41 Å². The highest BCUT2D eigenvalue weighted by Gasteiger charge is 2.46. The van der Waals surface area contributed by atoms with E-state index in [4.69, 9.17) is 14.0 Å². The number of carbonyl (C=O) groups is 1. The Morgan fingerprint density at radius 3 is 3.08 bits per heavy atom. The second-order valence-electron chi connectivity index (χ2n) is 7.53. The lowest BCUT2D eigenvalue weighted by Gasteiger charge is -2.50. The van der Waals surface area contributed by atoms with Gasteiger partial charge in [0.05, 0.1) is 18.4 Å². The summed E-state index contributed by atoms with van der Waals surface area (Å²) in [5, 5.41) is 4.11. The molecule has 140 valence electrons. The number of aromatic nitrogens is 1. The van der Waals surface area contributed by atoms with Crippen molar-refractivity contribution in [2.45, 2.75) is 38.8 Å². The second-order valence-corrected chi connectivity index (χ2v) is 7.53. The van der Waals surface area contributed by atoms with E-state index < -0.39 is 0 Å². The molecule has 3 heterocycles. The lowest BCUT2D eigenvalue weighted by Crippen LogP contribution is -2.56. The van der Waals surface area contributed by atoms with Crippen LogP contribution in [-0.2, 0) is 20.8 Å². The molecule has 0 radical (unpaired) electrons. The Morgan fingerprint density at radius 1 is 1.52 bits per heavy atom. The molecule has 2 aliphatic heterocycles. The summed E-state index contributed by atoms with van der Waals surface area (Å²) in [6.07, 6.45) is 3.31. The number of hydrogen-bond acceptors (Lipinski definition) is 6. The van der Waals surface area contributed by atoms with Gasteiger partial charge in [-0.1, -0.05) is 5.16 Å². The molecule has 2 fully saturated rings. The van der Waals surface area contributed by atoms with E-state index in [0.29, 0.717) is 6.61 Å². The number of likely N-dealkylation sites (N-methyl/N-ethyl adjacent to an activating group) is 1. The second kappa shape index (κ2) is 7.85. The highest BCUT2D eigenvalue weighted by atomic mass is 16.5. The molecule has 0 saturated carbocycles. The van der Waals surface area contributed by atoms with Gasteiger partial charge < -0.3 is 18.9 Å². The van der Waals surface area contributed by atoms with Crippen LogP contribution in [0.15, 0.2) is 10.6 Å². The minimum Gasteiger partial charge on any atom is -0.377 e. The summed E-state index contributed by atoms with van der Waals surface area (Å²) < 4.78 is 17.1. The van der Waals surface area contributed by atoms with Gasteiger partial charge >= 0.3 is 0 Å². The summed E-state index contributed by atoms with van der Waals surface area (Å²) in [6, 6.07) is 1.99.